The lowest BCUT2D eigenvalue weighted by Crippen LogP contribution is -2.51. The summed E-state index contributed by atoms with van der Waals surface area (Å²) in [6.45, 7) is 5.58. The number of halogens is 1. The van der Waals surface area contributed by atoms with Crippen molar-refractivity contribution in [3.05, 3.63) is 93.8 Å². The van der Waals surface area contributed by atoms with Crippen LogP contribution in [0.2, 0.25) is 5.02 Å². The van der Waals surface area contributed by atoms with Crippen molar-refractivity contribution in [3.63, 3.8) is 0 Å². The molecule has 7 rings (SSSR count). The highest BCUT2D eigenvalue weighted by molar-refractivity contribution is 6.33. The Balaban J connectivity index is 1.06. The number of amides is 2. The number of likely N-dealkylation sites (tertiary alicyclic amines) is 1. The minimum absolute atomic E-state index is 0.0197. The van der Waals surface area contributed by atoms with Crippen LogP contribution >= 0.6 is 11.6 Å². The number of nitrogens with two attached hydrogens (primary N) is 1. The van der Waals surface area contributed by atoms with Gasteiger partial charge >= 0.3 is 5.69 Å². The third kappa shape index (κ3) is 6.59. The van der Waals surface area contributed by atoms with Crippen LogP contribution in [0.4, 0.5) is 11.4 Å². The normalized spacial score (nSPS) is 16.4. The molecule has 0 saturated carbocycles. The summed E-state index contributed by atoms with van der Waals surface area (Å²) in [6, 6.07) is 15.5. The molecule has 0 radical (unpaired) electrons. The van der Waals surface area contributed by atoms with E-state index in [4.69, 9.17) is 17.3 Å². The van der Waals surface area contributed by atoms with Gasteiger partial charge in [-0.3, -0.25) is 24.1 Å². The fourth-order valence-electron chi connectivity index (χ4n) is 7.47. The zero-order valence-electron chi connectivity index (χ0n) is 27.6. The molecule has 2 aliphatic rings. The maximum atomic E-state index is 14.2. The fraction of sp³-hybridized carbons (Fsp3) is 0.378. The fourth-order valence-corrected chi connectivity index (χ4v) is 7.74. The summed E-state index contributed by atoms with van der Waals surface area (Å²) in [5.74, 6) is -0.616. The van der Waals surface area contributed by atoms with Crippen molar-refractivity contribution in [2.45, 2.75) is 45.1 Å². The van der Waals surface area contributed by atoms with Crippen molar-refractivity contribution in [1.82, 2.24) is 29.3 Å². The van der Waals surface area contributed by atoms with E-state index in [0.29, 0.717) is 75.7 Å². The number of nitrogen functional groups attached to an aromatic ring is 1. The van der Waals surface area contributed by atoms with Crippen LogP contribution in [-0.4, -0.2) is 80.4 Å². The number of H-pyrrole nitrogens is 1. The number of nitrogens with one attached hydrogen (secondary N) is 1. The highest BCUT2D eigenvalue weighted by Gasteiger charge is 2.33. The molecule has 2 saturated heterocycles. The van der Waals surface area contributed by atoms with Gasteiger partial charge in [0.1, 0.15) is 0 Å². The first-order chi connectivity index (χ1) is 23.8. The maximum Gasteiger partial charge on any atom is 0.326 e. The van der Waals surface area contributed by atoms with Gasteiger partial charge in [0, 0.05) is 75.2 Å². The van der Waals surface area contributed by atoms with E-state index >= 15 is 0 Å². The molecule has 49 heavy (non-hydrogen) atoms. The van der Waals surface area contributed by atoms with Gasteiger partial charge in [0.2, 0.25) is 11.8 Å². The SMILES string of the molecule is CCc1cc(C[C@@H](CC(=O)N2CCC(n3c(=O)[nH]c4c5ccccc5ncc43)CC2)C(=O)N2CCN(c3ccncc3)CC2)cc(Cl)c1N. The Bertz CT molecular complexity index is 2050. The molecular formula is C37H41ClN8O3. The van der Waals surface area contributed by atoms with Crippen LogP contribution in [0.3, 0.4) is 0 Å². The molecule has 5 heterocycles. The zero-order valence-corrected chi connectivity index (χ0v) is 28.4. The summed E-state index contributed by atoms with van der Waals surface area (Å²) in [7, 11) is 0. The number of aromatic nitrogens is 4. The molecule has 2 amide bonds. The summed E-state index contributed by atoms with van der Waals surface area (Å²) >= 11 is 6.51. The highest BCUT2D eigenvalue weighted by atomic mass is 35.5. The number of benzene rings is 2. The first kappa shape index (κ1) is 32.6. The Morgan fingerprint density at radius 1 is 1.00 bits per heavy atom. The van der Waals surface area contributed by atoms with Crippen LogP contribution in [0.25, 0.3) is 21.9 Å². The van der Waals surface area contributed by atoms with Crippen molar-refractivity contribution in [2.75, 3.05) is 49.9 Å². The number of imidazole rings is 1. The van der Waals surface area contributed by atoms with Crippen LogP contribution in [0.5, 0.6) is 0 Å². The van der Waals surface area contributed by atoms with Crippen LogP contribution in [0.1, 0.15) is 43.4 Å². The van der Waals surface area contributed by atoms with E-state index in [2.05, 4.69) is 19.9 Å². The van der Waals surface area contributed by atoms with Gasteiger partial charge in [-0.1, -0.05) is 42.8 Å². The van der Waals surface area contributed by atoms with Gasteiger partial charge in [-0.25, -0.2) is 4.79 Å². The molecule has 0 spiro atoms. The lowest BCUT2D eigenvalue weighted by atomic mass is 9.91. The highest BCUT2D eigenvalue weighted by Crippen LogP contribution is 2.31. The van der Waals surface area contributed by atoms with Crippen molar-refractivity contribution in [1.29, 1.82) is 0 Å². The number of hydrogen-bond acceptors (Lipinski definition) is 7. The zero-order chi connectivity index (χ0) is 34.1. The topological polar surface area (TPSA) is 133 Å². The monoisotopic (exact) mass is 680 g/mol. The summed E-state index contributed by atoms with van der Waals surface area (Å²) in [5, 5.41) is 1.38. The minimum Gasteiger partial charge on any atom is -0.397 e. The van der Waals surface area contributed by atoms with Crippen molar-refractivity contribution in [2.24, 2.45) is 5.92 Å². The predicted octanol–water partition coefficient (Wildman–Crippen LogP) is 4.83. The summed E-state index contributed by atoms with van der Waals surface area (Å²) in [6.07, 6.45) is 7.78. The van der Waals surface area contributed by atoms with E-state index in [1.807, 2.05) is 65.3 Å². The number of carbonyl (C=O) groups is 2. The molecule has 5 aromatic rings. The van der Waals surface area contributed by atoms with Gasteiger partial charge in [0.05, 0.1) is 39.4 Å². The number of pyridine rings is 2. The van der Waals surface area contributed by atoms with E-state index < -0.39 is 5.92 Å². The molecule has 2 fully saturated rings. The van der Waals surface area contributed by atoms with Crippen LogP contribution in [0, 0.1) is 5.92 Å². The summed E-state index contributed by atoms with van der Waals surface area (Å²) < 4.78 is 1.80. The van der Waals surface area contributed by atoms with Gasteiger partial charge in [0.15, 0.2) is 0 Å². The first-order valence-electron chi connectivity index (χ1n) is 17.1. The minimum atomic E-state index is -0.544. The quantitative estimate of drug-likeness (QED) is 0.224. The molecule has 2 aromatic carbocycles. The Hall–Kier alpha value is -4.90. The van der Waals surface area contributed by atoms with Gasteiger partial charge in [-0.05, 0) is 61.1 Å². The number of anilines is 2. The van der Waals surface area contributed by atoms with E-state index in [0.717, 1.165) is 38.8 Å². The average Bonchev–Trinajstić information content (AvgIpc) is 3.49. The number of para-hydroxylation sites is 1. The van der Waals surface area contributed by atoms with Crippen molar-refractivity contribution >= 4 is 56.7 Å². The number of fused-ring (bicyclic) bond motifs is 3. The molecular weight excluding hydrogens is 640 g/mol. The summed E-state index contributed by atoms with van der Waals surface area (Å²) in [5.41, 5.74) is 11.9. The van der Waals surface area contributed by atoms with Gasteiger partial charge < -0.3 is 25.4 Å². The molecule has 11 nitrogen and oxygen atoms in total. The molecule has 3 N–H and O–H groups in total. The number of aromatic amines is 1. The Kier molecular flexibility index (Phi) is 9.27. The number of piperidine rings is 1. The van der Waals surface area contributed by atoms with Crippen LogP contribution < -0.4 is 16.3 Å². The van der Waals surface area contributed by atoms with E-state index in [-0.39, 0.29) is 30.0 Å². The number of aryl methyl sites for hydroxylation is 1. The number of rotatable bonds is 8. The van der Waals surface area contributed by atoms with Gasteiger partial charge in [-0.2, -0.15) is 0 Å². The second-order valence-electron chi connectivity index (χ2n) is 13.1. The lowest BCUT2D eigenvalue weighted by molar-refractivity contribution is -0.142. The lowest BCUT2D eigenvalue weighted by Gasteiger charge is -2.38. The van der Waals surface area contributed by atoms with E-state index in [1.165, 1.54) is 0 Å². The number of hydrogen-bond donors (Lipinski definition) is 2. The van der Waals surface area contributed by atoms with E-state index in [1.54, 1.807) is 23.2 Å². The smallest absolute Gasteiger partial charge is 0.326 e. The van der Waals surface area contributed by atoms with E-state index in [9.17, 15) is 14.4 Å². The second-order valence-corrected chi connectivity index (χ2v) is 13.5. The van der Waals surface area contributed by atoms with Crippen molar-refractivity contribution < 1.29 is 9.59 Å². The van der Waals surface area contributed by atoms with Gasteiger partial charge in [-0.15, -0.1) is 0 Å². The van der Waals surface area contributed by atoms with Crippen LogP contribution in [0.15, 0.2) is 71.9 Å². The summed E-state index contributed by atoms with van der Waals surface area (Å²) in [4.78, 5) is 58.9. The largest absolute Gasteiger partial charge is 0.397 e. The number of carbonyl (C=O) groups excluding carboxylic acids is 2. The molecule has 254 valence electrons. The molecule has 12 heteroatoms. The molecule has 0 unspecified atom stereocenters. The van der Waals surface area contributed by atoms with Crippen molar-refractivity contribution in [3.8, 4) is 0 Å². The standard InChI is InChI=1S/C37H41ClN8O3/c1-2-25-19-24(21-30(38)34(25)39)20-26(36(48)45-17-15-43(16-18-45)27-7-11-40-12-8-27)22-33(47)44-13-9-28(10-14-44)46-32-23-41-31-6-4-3-5-29(31)35(32)42-37(46)49/h3-8,11-12,19,21,23,26,28H,2,9-10,13-18,20,22,39H2,1H3,(H,42,49)/t26-/m0/s1. The Labute approximate surface area is 289 Å². The predicted molar refractivity (Wildman–Crippen MR) is 193 cm³/mol. The number of nitrogens with zero attached hydrogens (tertiary/aromatic N) is 6. The molecule has 0 bridgehead atoms. The third-order valence-electron chi connectivity index (χ3n) is 10.2. The Morgan fingerprint density at radius 3 is 2.47 bits per heavy atom. The molecule has 2 aliphatic heterocycles. The number of piperazine rings is 1. The Morgan fingerprint density at radius 2 is 1.73 bits per heavy atom. The average molecular weight is 681 g/mol. The maximum absolute atomic E-state index is 14.2. The van der Waals surface area contributed by atoms with Gasteiger partial charge in [0.25, 0.3) is 0 Å². The second kappa shape index (κ2) is 13.9. The molecule has 0 aliphatic carbocycles. The first-order valence-corrected chi connectivity index (χ1v) is 17.4. The van der Waals surface area contributed by atoms with Crippen LogP contribution in [-0.2, 0) is 22.4 Å². The third-order valence-corrected chi connectivity index (χ3v) is 10.5. The molecule has 1 atom stereocenters. The molecule has 3 aromatic heterocycles.